The van der Waals surface area contributed by atoms with Crippen molar-refractivity contribution in [1.82, 2.24) is 0 Å². The molecule has 0 unspecified atom stereocenters. The van der Waals surface area contributed by atoms with Gasteiger partial charge < -0.3 is 30.4 Å². The van der Waals surface area contributed by atoms with E-state index in [4.69, 9.17) is 25.1 Å². The first kappa shape index (κ1) is 42.4. The fourth-order valence-corrected chi connectivity index (χ4v) is 6.02. The summed E-state index contributed by atoms with van der Waals surface area (Å²) in [5.41, 5.74) is 14.3. The van der Waals surface area contributed by atoms with Gasteiger partial charge in [0.25, 0.3) is 0 Å². The lowest BCUT2D eigenvalue weighted by molar-refractivity contribution is -0.115. The van der Waals surface area contributed by atoms with E-state index >= 15 is 0 Å². The lowest BCUT2D eigenvalue weighted by atomic mass is 10.0. The predicted molar refractivity (Wildman–Crippen MR) is 229 cm³/mol. The highest BCUT2D eigenvalue weighted by molar-refractivity contribution is 9.10. The topological polar surface area (TPSA) is 137 Å². The number of aliphatic hydroxyl groups excluding tert-OH is 1. The Hall–Kier alpha value is -5.75. The van der Waals surface area contributed by atoms with Gasteiger partial charge in [0.05, 0.1) is 24.3 Å². The summed E-state index contributed by atoms with van der Waals surface area (Å²) < 4.78 is 18.4. The van der Waals surface area contributed by atoms with Crippen LogP contribution in [0.4, 0.5) is 11.4 Å². The number of ketones is 1. The van der Waals surface area contributed by atoms with Crippen molar-refractivity contribution in [3.05, 3.63) is 187 Å². The second kappa shape index (κ2) is 21.0. The number of rotatable bonds is 10. The van der Waals surface area contributed by atoms with Crippen LogP contribution < -0.4 is 20.5 Å². The number of nitrogen functional groups attached to an aromatic ring is 1. The number of carbonyl (C=O) groups excluding carboxylic acids is 3. The minimum Gasteiger partial charge on any atom is -0.489 e. The first-order valence-electron chi connectivity index (χ1n) is 18.0. The SMILES string of the molecule is Cc1ccc(COc2ccc(CO)cc2)cc1.Cc1ccc(COc2ccc(COC(=O)c3cc(Br)ccc3N)cc2)cc1.O=C1CC(=O)c2cc(Br)ccc2N1. The second-order valence-corrected chi connectivity index (χ2v) is 15.0. The molecule has 1 heterocycles. The Morgan fingerprint density at radius 2 is 1.12 bits per heavy atom. The van der Waals surface area contributed by atoms with Crippen molar-refractivity contribution in [3.63, 3.8) is 0 Å². The van der Waals surface area contributed by atoms with Gasteiger partial charge >= 0.3 is 5.97 Å². The molecular formula is C46H42Br2N2O7. The molecule has 0 spiro atoms. The summed E-state index contributed by atoms with van der Waals surface area (Å²) in [7, 11) is 0. The fourth-order valence-electron chi connectivity index (χ4n) is 5.30. The molecule has 0 atom stereocenters. The summed E-state index contributed by atoms with van der Waals surface area (Å²) in [4.78, 5) is 34.5. The zero-order chi connectivity index (χ0) is 40.7. The normalized spacial score (nSPS) is 11.5. The predicted octanol–water partition coefficient (Wildman–Crippen LogP) is 10.3. The van der Waals surface area contributed by atoms with Gasteiger partial charge in [0.1, 0.15) is 31.3 Å². The number of anilines is 2. The zero-order valence-corrected chi connectivity index (χ0v) is 34.6. The van der Waals surface area contributed by atoms with Crippen molar-refractivity contribution >= 4 is 60.9 Å². The van der Waals surface area contributed by atoms with Gasteiger partial charge in [-0.2, -0.15) is 0 Å². The minimum absolute atomic E-state index is 0.0521. The molecule has 292 valence electrons. The Kier molecular flexibility index (Phi) is 15.6. The van der Waals surface area contributed by atoms with E-state index in [-0.39, 0.29) is 31.3 Å². The Labute approximate surface area is 349 Å². The molecule has 4 N–H and O–H groups in total. The molecule has 0 radical (unpaired) electrons. The molecule has 0 aromatic heterocycles. The van der Waals surface area contributed by atoms with Gasteiger partial charge in [-0.1, -0.05) is 116 Å². The quantitative estimate of drug-likeness (QED) is 0.0702. The number of fused-ring (bicyclic) bond motifs is 1. The van der Waals surface area contributed by atoms with Crippen molar-refractivity contribution in [3.8, 4) is 11.5 Å². The van der Waals surface area contributed by atoms with Crippen molar-refractivity contribution in [2.24, 2.45) is 0 Å². The van der Waals surface area contributed by atoms with Gasteiger partial charge in [0.2, 0.25) is 5.91 Å². The molecule has 0 fully saturated rings. The summed E-state index contributed by atoms with van der Waals surface area (Å²) in [5.74, 6) is 0.776. The molecule has 0 aliphatic carbocycles. The molecule has 0 bridgehead atoms. The summed E-state index contributed by atoms with van der Waals surface area (Å²) >= 11 is 6.59. The van der Waals surface area contributed by atoms with Crippen molar-refractivity contribution < 1.29 is 33.7 Å². The number of carbonyl (C=O) groups is 3. The van der Waals surface area contributed by atoms with E-state index in [1.54, 1.807) is 36.4 Å². The number of esters is 1. The van der Waals surface area contributed by atoms with Crippen LogP contribution in [-0.4, -0.2) is 22.8 Å². The van der Waals surface area contributed by atoms with Crippen LogP contribution in [0.25, 0.3) is 0 Å². The molecule has 1 aliphatic heterocycles. The van der Waals surface area contributed by atoms with E-state index in [1.165, 1.54) is 11.1 Å². The van der Waals surface area contributed by atoms with Crippen LogP contribution in [0.3, 0.4) is 0 Å². The lowest BCUT2D eigenvalue weighted by Gasteiger charge is -2.15. The fraction of sp³-hybridized carbons (Fsp3) is 0.152. The van der Waals surface area contributed by atoms with Gasteiger partial charge in [0.15, 0.2) is 5.78 Å². The smallest absolute Gasteiger partial charge is 0.340 e. The van der Waals surface area contributed by atoms with Gasteiger partial charge in [0, 0.05) is 20.2 Å². The standard InChI is InChI=1S/C22H20BrNO3.C15H16O2.C9H6BrNO2/c1-15-2-4-16(5-3-15)13-26-19-9-6-17(7-10-19)14-27-22(25)20-12-18(23)8-11-21(20)24;1-12-2-4-14(5-3-12)11-17-15-8-6-13(10-16)7-9-15;10-5-1-2-7-6(3-5)8(12)4-9(13)11-7/h2-12H,13-14,24H2,1H3;2-9,16H,10-11H2,1H3;1-3H,4H2,(H,11,13). The Morgan fingerprint density at radius 3 is 1.67 bits per heavy atom. The number of amides is 1. The molecule has 0 saturated carbocycles. The van der Waals surface area contributed by atoms with Crippen LogP contribution in [0.2, 0.25) is 0 Å². The summed E-state index contributed by atoms with van der Waals surface area (Å²) in [5, 5.41) is 11.6. The number of aliphatic hydroxyl groups is 1. The van der Waals surface area contributed by atoms with E-state index in [0.717, 1.165) is 42.7 Å². The summed E-state index contributed by atoms with van der Waals surface area (Å²) in [6, 6.07) is 41.8. The zero-order valence-electron chi connectivity index (χ0n) is 31.5. The van der Waals surface area contributed by atoms with E-state index in [9.17, 15) is 14.4 Å². The van der Waals surface area contributed by atoms with Crippen LogP contribution in [0.1, 0.15) is 60.5 Å². The third kappa shape index (κ3) is 13.5. The van der Waals surface area contributed by atoms with Crippen molar-refractivity contribution in [2.45, 2.75) is 46.7 Å². The van der Waals surface area contributed by atoms with Crippen LogP contribution in [0.15, 0.2) is 142 Å². The van der Waals surface area contributed by atoms with Crippen LogP contribution >= 0.6 is 31.9 Å². The van der Waals surface area contributed by atoms with Gasteiger partial charge in [-0.3, -0.25) is 9.59 Å². The summed E-state index contributed by atoms with van der Waals surface area (Å²) in [6.07, 6.45) is -0.0521. The average Bonchev–Trinajstić information content (AvgIpc) is 3.22. The Balaban J connectivity index is 0.000000176. The van der Waals surface area contributed by atoms with Crippen molar-refractivity contribution in [2.75, 3.05) is 11.1 Å². The molecule has 7 rings (SSSR count). The number of hydrogen-bond donors (Lipinski definition) is 3. The number of halogens is 2. The molecule has 6 aromatic carbocycles. The molecule has 6 aromatic rings. The molecule has 1 amide bonds. The summed E-state index contributed by atoms with van der Waals surface area (Å²) in [6.45, 7) is 5.44. The van der Waals surface area contributed by atoms with Gasteiger partial charge in [-0.25, -0.2) is 4.79 Å². The molecule has 0 saturated heterocycles. The monoisotopic (exact) mass is 892 g/mol. The second-order valence-electron chi connectivity index (χ2n) is 13.1. The average molecular weight is 895 g/mol. The number of benzene rings is 6. The number of nitrogens with one attached hydrogen (secondary N) is 1. The van der Waals surface area contributed by atoms with Crippen molar-refractivity contribution in [1.29, 1.82) is 0 Å². The molecule has 57 heavy (non-hydrogen) atoms. The first-order valence-corrected chi connectivity index (χ1v) is 19.5. The lowest BCUT2D eigenvalue weighted by Crippen LogP contribution is -2.23. The highest BCUT2D eigenvalue weighted by Gasteiger charge is 2.22. The minimum atomic E-state index is -0.450. The third-order valence-corrected chi connectivity index (χ3v) is 9.55. The molecule has 11 heteroatoms. The van der Waals surface area contributed by atoms with Gasteiger partial charge in [-0.15, -0.1) is 0 Å². The van der Waals surface area contributed by atoms with Gasteiger partial charge in [-0.05, 0) is 96.8 Å². The van der Waals surface area contributed by atoms with E-state index in [2.05, 4.69) is 99.6 Å². The first-order chi connectivity index (χ1) is 27.4. The maximum absolute atomic E-state index is 12.2. The highest BCUT2D eigenvalue weighted by Crippen LogP contribution is 2.26. The number of aryl methyl sites for hydroxylation is 2. The van der Waals surface area contributed by atoms with Crippen LogP contribution in [0, 0.1) is 13.8 Å². The number of ether oxygens (including phenoxy) is 3. The van der Waals surface area contributed by atoms with E-state index < -0.39 is 5.97 Å². The van der Waals surface area contributed by atoms with Crippen LogP contribution in [-0.2, 0) is 36.0 Å². The van der Waals surface area contributed by atoms with E-state index in [0.29, 0.717) is 35.7 Å². The molecular weight excluding hydrogens is 852 g/mol. The van der Waals surface area contributed by atoms with E-state index in [1.807, 2.05) is 48.5 Å². The third-order valence-electron chi connectivity index (χ3n) is 8.56. The maximum atomic E-state index is 12.2. The maximum Gasteiger partial charge on any atom is 0.340 e. The highest BCUT2D eigenvalue weighted by atomic mass is 79.9. The Bertz CT molecular complexity index is 2280. The number of Topliss-reactive ketones (excluding diaryl/α,β-unsaturated/α-hetero) is 1. The largest absolute Gasteiger partial charge is 0.489 e. The number of hydrogen-bond acceptors (Lipinski definition) is 8. The van der Waals surface area contributed by atoms with Crippen LogP contribution in [0.5, 0.6) is 11.5 Å². The molecule has 1 aliphatic rings. The molecule has 9 nitrogen and oxygen atoms in total. The Morgan fingerprint density at radius 1 is 0.649 bits per heavy atom. The number of nitrogens with two attached hydrogens (primary N) is 1.